The number of rotatable bonds is 8. The SMILES string of the molecule is CC(C)=CCC/C(C)=C/COC(P)(P)Cc1cccc(C(F)(F)F)c1. The maximum Gasteiger partial charge on any atom is 0.416 e. The summed E-state index contributed by atoms with van der Waals surface area (Å²) in [6.45, 7) is 6.63. The van der Waals surface area contributed by atoms with Crippen LogP contribution in [0, 0.1) is 0 Å². The van der Waals surface area contributed by atoms with E-state index in [0.29, 0.717) is 18.6 Å². The van der Waals surface area contributed by atoms with Gasteiger partial charge >= 0.3 is 6.18 Å². The number of hydrogen-bond acceptors (Lipinski definition) is 1. The summed E-state index contributed by atoms with van der Waals surface area (Å²) >= 11 is 0. The number of benzene rings is 1. The molecule has 1 nitrogen and oxygen atoms in total. The van der Waals surface area contributed by atoms with Gasteiger partial charge in [-0.3, -0.25) is 0 Å². The van der Waals surface area contributed by atoms with Crippen LogP contribution in [0.2, 0.25) is 0 Å². The van der Waals surface area contributed by atoms with Gasteiger partial charge in [-0.15, -0.1) is 0 Å². The molecule has 0 fully saturated rings. The molecule has 6 heteroatoms. The maximum absolute atomic E-state index is 12.8. The van der Waals surface area contributed by atoms with Crippen LogP contribution in [0.1, 0.15) is 44.7 Å². The first-order valence-corrected chi connectivity index (χ1v) is 9.32. The summed E-state index contributed by atoms with van der Waals surface area (Å²) in [6.07, 6.45) is 2.23. The summed E-state index contributed by atoms with van der Waals surface area (Å²) in [5, 5.41) is -0.694. The van der Waals surface area contributed by atoms with Gasteiger partial charge in [0.2, 0.25) is 0 Å². The first kappa shape index (κ1) is 22.4. The topological polar surface area (TPSA) is 9.23 Å². The number of halogens is 3. The highest BCUT2D eigenvalue weighted by atomic mass is 31.1. The Kier molecular flexibility index (Phi) is 8.81. The van der Waals surface area contributed by atoms with Crippen LogP contribution < -0.4 is 0 Å². The third-order valence-corrected chi connectivity index (χ3v) is 4.35. The Hall–Kier alpha value is -0.690. The molecule has 25 heavy (non-hydrogen) atoms. The fraction of sp³-hybridized carbons (Fsp3) is 0.474. The van der Waals surface area contributed by atoms with Crippen molar-refractivity contribution in [1.82, 2.24) is 0 Å². The van der Waals surface area contributed by atoms with Crippen molar-refractivity contribution in [2.75, 3.05) is 6.61 Å². The van der Waals surface area contributed by atoms with E-state index in [0.717, 1.165) is 18.9 Å². The lowest BCUT2D eigenvalue weighted by Gasteiger charge is -2.25. The first-order chi connectivity index (χ1) is 11.5. The van der Waals surface area contributed by atoms with Crippen LogP contribution in [0.5, 0.6) is 0 Å². The maximum atomic E-state index is 12.8. The van der Waals surface area contributed by atoms with E-state index < -0.39 is 16.8 Å². The van der Waals surface area contributed by atoms with Gasteiger partial charge < -0.3 is 4.74 Å². The van der Waals surface area contributed by atoms with Crippen LogP contribution in [0.15, 0.2) is 47.6 Å². The Bertz CT molecular complexity index is 615. The summed E-state index contributed by atoms with van der Waals surface area (Å²) in [6, 6.07) is 5.36. The molecule has 0 N–H and O–H groups in total. The van der Waals surface area contributed by atoms with Gasteiger partial charge in [-0.05, 0) is 45.2 Å². The van der Waals surface area contributed by atoms with Crippen molar-refractivity contribution in [1.29, 1.82) is 0 Å². The molecule has 0 radical (unpaired) electrons. The second-order valence-corrected chi connectivity index (χ2v) is 9.13. The van der Waals surface area contributed by atoms with Crippen molar-refractivity contribution in [3.8, 4) is 0 Å². The van der Waals surface area contributed by atoms with Crippen molar-refractivity contribution in [2.24, 2.45) is 0 Å². The zero-order valence-corrected chi connectivity index (χ0v) is 17.3. The molecule has 0 amide bonds. The van der Waals surface area contributed by atoms with E-state index in [9.17, 15) is 13.2 Å². The summed E-state index contributed by atoms with van der Waals surface area (Å²) in [4.78, 5) is 0. The van der Waals surface area contributed by atoms with E-state index in [1.54, 1.807) is 6.07 Å². The molecule has 0 spiro atoms. The van der Waals surface area contributed by atoms with E-state index >= 15 is 0 Å². The number of alkyl halides is 3. The van der Waals surface area contributed by atoms with Crippen molar-refractivity contribution in [3.63, 3.8) is 0 Å². The van der Waals surface area contributed by atoms with Crippen LogP contribution in [0.4, 0.5) is 13.2 Å². The lowest BCUT2D eigenvalue weighted by molar-refractivity contribution is -0.137. The first-order valence-electron chi connectivity index (χ1n) is 8.16. The fourth-order valence-electron chi connectivity index (χ4n) is 2.26. The minimum absolute atomic E-state index is 0.358. The smallest absolute Gasteiger partial charge is 0.363 e. The molecule has 0 saturated carbocycles. The third kappa shape index (κ3) is 9.54. The van der Waals surface area contributed by atoms with E-state index in [2.05, 4.69) is 45.3 Å². The van der Waals surface area contributed by atoms with Crippen LogP contribution >= 0.6 is 18.5 Å². The average Bonchev–Trinajstić information content (AvgIpc) is 2.45. The molecule has 0 aromatic heterocycles. The molecule has 0 aliphatic carbocycles. The molecule has 2 atom stereocenters. The van der Waals surface area contributed by atoms with Crippen molar-refractivity contribution < 1.29 is 17.9 Å². The Morgan fingerprint density at radius 2 is 1.80 bits per heavy atom. The molecule has 1 aromatic rings. The number of hydrogen-bond donors (Lipinski definition) is 0. The molecule has 0 saturated heterocycles. The van der Waals surface area contributed by atoms with Crippen LogP contribution in [0.3, 0.4) is 0 Å². The predicted octanol–water partition coefficient (Wildman–Crippen LogP) is 6.36. The van der Waals surface area contributed by atoms with Gasteiger partial charge in [0.15, 0.2) is 0 Å². The van der Waals surface area contributed by atoms with Crippen molar-refractivity contribution in [2.45, 2.75) is 51.3 Å². The van der Waals surface area contributed by atoms with Crippen LogP contribution in [0.25, 0.3) is 0 Å². The van der Waals surface area contributed by atoms with E-state index in [-0.39, 0.29) is 0 Å². The van der Waals surface area contributed by atoms with E-state index in [1.807, 2.05) is 6.08 Å². The highest BCUT2D eigenvalue weighted by Crippen LogP contribution is 2.35. The zero-order chi connectivity index (χ0) is 19.1. The average molecular weight is 390 g/mol. The van der Waals surface area contributed by atoms with Crippen molar-refractivity contribution in [3.05, 3.63) is 58.7 Å². The molecule has 0 heterocycles. The molecular formula is C19H27F3OP2. The summed E-state index contributed by atoms with van der Waals surface area (Å²) in [5.74, 6) is 0. The van der Waals surface area contributed by atoms with E-state index in [1.165, 1.54) is 23.3 Å². The van der Waals surface area contributed by atoms with Crippen LogP contribution in [-0.2, 0) is 17.3 Å². The van der Waals surface area contributed by atoms with Gasteiger partial charge in [-0.2, -0.15) is 13.2 Å². The fourth-order valence-corrected chi connectivity index (χ4v) is 2.92. The number of ether oxygens (including phenoxy) is 1. The quantitative estimate of drug-likeness (QED) is 0.371. The minimum Gasteiger partial charge on any atom is -0.363 e. The predicted molar refractivity (Wildman–Crippen MR) is 106 cm³/mol. The van der Waals surface area contributed by atoms with Gasteiger partial charge in [-0.1, -0.05) is 60.0 Å². The van der Waals surface area contributed by atoms with Gasteiger partial charge in [0, 0.05) is 6.42 Å². The zero-order valence-electron chi connectivity index (χ0n) is 15.0. The molecule has 0 bridgehead atoms. The highest BCUT2D eigenvalue weighted by molar-refractivity contribution is 7.39. The molecule has 0 aliphatic rings. The largest absolute Gasteiger partial charge is 0.416 e. The minimum atomic E-state index is -4.33. The second kappa shape index (κ2) is 9.86. The molecule has 140 valence electrons. The lowest BCUT2D eigenvalue weighted by atomic mass is 10.1. The Morgan fingerprint density at radius 1 is 1.12 bits per heavy atom. The molecular weight excluding hydrogens is 363 g/mol. The lowest BCUT2D eigenvalue weighted by Crippen LogP contribution is -2.20. The monoisotopic (exact) mass is 390 g/mol. The standard InChI is InChI=1S/C19H27F3OP2/c1-14(2)6-4-7-15(3)10-11-23-18(24,25)13-16-8-5-9-17(12-16)19(20,21)22/h5-6,8-10,12H,4,7,11,13,24-25H2,1-3H3/b15-10+. The van der Waals surface area contributed by atoms with E-state index in [4.69, 9.17) is 4.74 Å². The Morgan fingerprint density at radius 3 is 2.40 bits per heavy atom. The van der Waals surface area contributed by atoms with Crippen molar-refractivity contribution >= 4 is 18.5 Å². The summed E-state index contributed by atoms with van der Waals surface area (Å²) in [7, 11) is 5.13. The Balaban J connectivity index is 2.57. The normalized spacial score (nSPS) is 13.0. The third-order valence-electron chi connectivity index (χ3n) is 3.61. The molecule has 1 aromatic carbocycles. The molecule has 0 aliphatic heterocycles. The van der Waals surface area contributed by atoms with Gasteiger partial charge in [0.05, 0.1) is 17.3 Å². The molecule has 2 unspecified atom stereocenters. The van der Waals surface area contributed by atoms with Gasteiger partial charge in [-0.25, -0.2) is 0 Å². The van der Waals surface area contributed by atoms with Gasteiger partial charge in [0.1, 0.15) is 0 Å². The van der Waals surface area contributed by atoms with Gasteiger partial charge in [0.25, 0.3) is 0 Å². The Labute approximate surface area is 153 Å². The number of allylic oxidation sites excluding steroid dienone is 3. The summed E-state index contributed by atoms with van der Waals surface area (Å²) in [5.41, 5.74) is 2.50. The second-order valence-electron chi connectivity index (χ2n) is 6.51. The molecule has 1 rings (SSSR count). The highest BCUT2D eigenvalue weighted by Gasteiger charge is 2.31. The summed E-state index contributed by atoms with van der Waals surface area (Å²) < 4.78 is 44.2. The van der Waals surface area contributed by atoms with Crippen LogP contribution in [-0.4, -0.2) is 11.7 Å².